The molecular weight excluding hydrogens is 251 g/mol. The van der Waals surface area contributed by atoms with Gasteiger partial charge in [-0.25, -0.2) is 9.78 Å². The van der Waals surface area contributed by atoms with E-state index < -0.39 is 18.7 Å². The van der Waals surface area contributed by atoms with Crippen molar-refractivity contribution in [2.24, 2.45) is 0 Å². The first-order valence-corrected chi connectivity index (χ1v) is 4.86. The maximum atomic E-state index is 12.2. The molecule has 5 nitrogen and oxygen atoms in total. The van der Waals surface area contributed by atoms with Crippen LogP contribution in [-0.4, -0.2) is 37.8 Å². The van der Waals surface area contributed by atoms with Crippen molar-refractivity contribution in [3.8, 4) is 0 Å². The van der Waals surface area contributed by atoms with Crippen LogP contribution in [0.3, 0.4) is 0 Å². The fraction of sp³-hybridized carbons (Fsp3) is 0.400. The van der Waals surface area contributed by atoms with Crippen LogP contribution < -0.4 is 10.6 Å². The van der Waals surface area contributed by atoms with Gasteiger partial charge in [0.05, 0.1) is 24.6 Å². The molecule has 0 bridgehead atoms. The lowest BCUT2D eigenvalue weighted by Crippen LogP contribution is -2.31. The third-order valence-electron chi connectivity index (χ3n) is 2.13. The molecule has 0 radical (unpaired) electrons. The maximum Gasteiger partial charge on any atom is 0.405 e. The van der Waals surface area contributed by atoms with Gasteiger partial charge in [0, 0.05) is 7.05 Å². The van der Waals surface area contributed by atoms with Gasteiger partial charge in [0.2, 0.25) is 0 Å². The third-order valence-corrected chi connectivity index (χ3v) is 2.13. The number of nitrogen functional groups attached to an aromatic ring is 1. The Bertz CT molecular complexity index is 448. The van der Waals surface area contributed by atoms with Crippen molar-refractivity contribution in [1.82, 2.24) is 4.98 Å². The summed E-state index contributed by atoms with van der Waals surface area (Å²) in [4.78, 5) is 15.9. The van der Waals surface area contributed by atoms with Crippen molar-refractivity contribution in [3.05, 3.63) is 17.8 Å². The summed E-state index contributed by atoms with van der Waals surface area (Å²) in [5.41, 5.74) is 5.52. The molecule has 0 aliphatic carbocycles. The fourth-order valence-corrected chi connectivity index (χ4v) is 1.30. The highest BCUT2D eigenvalue weighted by atomic mass is 19.4. The van der Waals surface area contributed by atoms with Gasteiger partial charge in [-0.05, 0) is 6.07 Å². The van der Waals surface area contributed by atoms with E-state index in [-0.39, 0.29) is 17.1 Å². The van der Waals surface area contributed by atoms with Gasteiger partial charge >= 0.3 is 12.1 Å². The first-order valence-electron chi connectivity index (χ1n) is 4.86. The van der Waals surface area contributed by atoms with E-state index in [4.69, 9.17) is 5.73 Å². The van der Waals surface area contributed by atoms with E-state index >= 15 is 0 Å². The Morgan fingerprint density at radius 3 is 2.67 bits per heavy atom. The number of rotatable bonds is 3. The van der Waals surface area contributed by atoms with Crippen molar-refractivity contribution in [1.29, 1.82) is 0 Å². The minimum absolute atomic E-state index is 0.0121. The summed E-state index contributed by atoms with van der Waals surface area (Å²) < 4.78 is 41.1. The Morgan fingerprint density at radius 1 is 1.56 bits per heavy atom. The van der Waals surface area contributed by atoms with E-state index in [1.165, 1.54) is 7.05 Å². The summed E-state index contributed by atoms with van der Waals surface area (Å²) >= 11 is 0. The second-order valence-corrected chi connectivity index (χ2v) is 3.59. The average molecular weight is 263 g/mol. The number of nitrogens with two attached hydrogens (primary N) is 1. The van der Waals surface area contributed by atoms with Gasteiger partial charge in [0.25, 0.3) is 0 Å². The topological polar surface area (TPSA) is 68.5 Å². The lowest BCUT2D eigenvalue weighted by atomic mass is 10.2. The molecule has 18 heavy (non-hydrogen) atoms. The minimum atomic E-state index is -4.36. The molecule has 1 heterocycles. The summed E-state index contributed by atoms with van der Waals surface area (Å²) in [5.74, 6) is -0.738. The predicted molar refractivity (Wildman–Crippen MR) is 59.3 cm³/mol. The zero-order chi connectivity index (χ0) is 13.9. The number of aromatic nitrogens is 1. The van der Waals surface area contributed by atoms with Crippen LogP contribution >= 0.6 is 0 Å². The van der Waals surface area contributed by atoms with E-state index in [9.17, 15) is 18.0 Å². The number of carbonyl (C=O) groups is 1. The Morgan fingerprint density at radius 2 is 2.17 bits per heavy atom. The monoisotopic (exact) mass is 263 g/mol. The third kappa shape index (κ3) is 3.51. The molecule has 2 N–H and O–H groups in total. The highest BCUT2D eigenvalue weighted by Gasteiger charge is 2.30. The highest BCUT2D eigenvalue weighted by molar-refractivity contribution is 5.95. The van der Waals surface area contributed by atoms with Crippen LogP contribution in [0.1, 0.15) is 10.4 Å². The number of hydrogen-bond acceptors (Lipinski definition) is 5. The van der Waals surface area contributed by atoms with E-state index in [0.29, 0.717) is 0 Å². The Balaban J connectivity index is 3.01. The second-order valence-electron chi connectivity index (χ2n) is 3.59. The quantitative estimate of drug-likeness (QED) is 0.836. The number of hydrogen-bond donors (Lipinski definition) is 1. The predicted octanol–water partition coefficient (Wildman–Crippen LogP) is 1.45. The molecule has 0 aromatic carbocycles. The van der Waals surface area contributed by atoms with Crippen molar-refractivity contribution in [3.63, 3.8) is 0 Å². The lowest BCUT2D eigenvalue weighted by molar-refractivity contribution is -0.119. The van der Waals surface area contributed by atoms with Crippen LogP contribution in [-0.2, 0) is 4.74 Å². The van der Waals surface area contributed by atoms with Crippen molar-refractivity contribution < 1.29 is 22.7 Å². The van der Waals surface area contributed by atoms with Gasteiger partial charge in [-0.15, -0.1) is 0 Å². The van der Waals surface area contributed by atoms with Gasteiger partial charge in [0.1, 0.15) is 12.4 Å². The number of esters is 1. The summed E-state index contributed by atoms with van der Waals surface area (Å²) in [6.07, 6.45) is -3.24. The fourth-order valence-electron chi connectivity index (χ4n) is 1.30. The van der Waals surface area contributed by atoms with Gasteiger partial charge in [-0.3, -0.25) is 0 Å². The number of carbonyl (C=O) groups excluding carboxylic acids is 1. The Labute approximate surface area is 101 Å². The van der Waals surface area contributed by atoms with Crippen LogP contribution in [0.5, 0.6) is 0 Å². The molecule has 0 saturated carbocycles. The molecule has 8 heteroatoms. The van der Waals surface area contributed by atoms with Crippen molar-refractivity contribution >= 4 is 17.5 Å². The molecule has 1 aromatic heterocycles. The molecule has 0 saturated heterocycles. The first-order chi connectivity index (χ1) is 8.24. The molecule has 100 valence electrons. The van der Waals surface area contributed by atoms with E-state index in [0.717, 1.165) is 24.3 Å². The molecule has 0 fully saturated rings. The normalized spacial score (nSPS) is 11.2. The zero-order valence-corrected chi connectivity index (χ0v) is 9.78. The molecule has 0 amide bonds. The molecular formula is C10H12F3N3O2. The van der Waals surface area contributed by atoms with Crippen molar-refractivity contribution in [2.45, 2.75) is 6.18 Å². The lowest BCUT2D eigenvalue weighted by Gasteiger charge is -2.20. The summed E-state index contributed by atoms with van der Waals surface area (Å²) in [7, 11) is 2.37. The maximum absolute atomic E-state index is 12.2. The number of anilines is 2. The Hall–Kier alpha value is -1.99. The van der Waals surface area contributed by atoms with Gasteiger partial charge < -0.3 is 15.4 Å². The number of pyridine rings is 1. The second kappa shape index (κ2) is 5.11. The molecule has 0 spiro atoms. The number of halogens is 3. The van der Waals surface area contributed by atoms with Crippen molar-refractivity contribution in [2.75, 3.05) is 31.3 Å². The average Bonchev–Trinajstić information content (AvgIpc) is 2.26. The number of nitrogens with zero attached hydrogens (tertiary/aromatic N) is 2. The molecule has 0 atom stereocenters. The molecule has 0 aliphatic rings. The van der Waals surface area contributed by atoms with E-state index in [1.807, 2.05) is 0 Å². The molecule has 1 aromatic rings. The van der Waals surface area contributed by atoms with E-state index in [2.05, 4.69) is 9.72 Å². The highest BCUT2D eigenvalue weighted by Crippen LogP contribution is 2.22. The standard InChI is InChI=1S/C10H12F3N3O2/c1-16(5-10(11,12)13)8-3-6(9(17)18-2)7(14)4-15-8/h3-4H,5,14H2,1-2H3. The van der Waals surface area contributed by atoms with Crippen LogP contribution in [0.25, 0.3) is 0 Å². The summed E-state index contributed by atoms with van der Waals surface area (Å²) in [6, 6.07) is 1.16. The van der Waals surface area contributed by atoms with E-state index in [1.54, 1.807) is 0 Å². The summed E-state index contributed by atoms with van der Waals surface area (Å²) in [5, 5.41) is 0. The van der Waals surface area contributed by atoms with Gasteiger partial charge in [-0.1, -0.05) is 0 Å². The Kier molecular flexibility index (Phi) is 4.00. The molecule has 1 rings (SSSR count). The SMILES string of the molecule is COC(=O)c1cc(N(C)CC(F)(F)F)ncc1N. The van der Waals surface area contributed by atoms with Crippen LogP contribution in [0.15, 0.2) is 12.3 Å². The van der Waals surface area contributed by atoms with Gasteiger partial charge in [0.15, 0.2) is 0 Å². The first kappa shape index (κ1) is 14.1. The number of alkyl halides is 3. The van der Waals surface area contributed by atoms with Crippen LogP contribution in [0, 0.1) is 0 Å². The minimum Gasteiger partial charge on any atom is -0.465 e. The zero-order valence-electron chi connectivity index (χ0n) is 9.78. The molecule has 0 aliphatic heterocycles. The van der Waals surface area contributed by atoms with Crippen LogP contribution in [0.4, 0.5) is 24.7 Å². The smallest absolute Gasteiger partial charge is 0.405 e. The number of methoxy groups -OCH3 is 1. The van der Waals surface area contributed by atoms with Crippen LogP contribution in [0.2, 0.25) is 0 Å². The van der Waals surface area contributed by atoms with Gasteiger partial charge in [-0.2, -0.15) is 13.2 Å². The largest absolute Gasteiger partial charge is 0.465 e. The summed E-state index contributed by atoms with van der Waals surface area (Å²) in [6.45, 7) is -1.18. The molecule has 0 unspecified atom stereocenters. The number of ether oxygens (including phenoxy) is 1.